The molecule has 0 atom stereocenters. The Morgan fingerprint density at radius 3 is 2.56 bits per heavy atom. The van der Waals surface area contributed by atoms with Crippen LogP contribution in [-0.4, -0.2) is 5.79 Å². The summed E-state index contributed by atoms with van der Waals surface area (Å²) in [5, 5.41) is 0. The van der Waals surface area contributed by atoms with E-state index in [1.807, 2.05) is 19.9 Å². The van der Waals surface area contributed by atoms with Gasteiger partial charge in [-0.3, -0.25) is 0 Å². The highest BCUT2D eigenvalue weighted by molar-refractivity contribution is 5.45. The van der Waals surface area contributed by atoms with Gasteiger partial charge in [0, 0.05) is 13.8 Å². The van der Waals surface area contributed by atoms with Crippen LogP contribution in [0.25, 0.3) is 0 Å². The predicted molar refractivity (Wildman–Crippen MR) is 65.0 cm³/mol. The molecular formula is C14H20O2. The second-order valence-corrected chi connectivity index (χ2v) is 4.84. The maximum atomic E-state index is 5.72. The lowest BCUT2D eigenvalue weighted by molar-refractivity contribution is -0.0431. The number of aryl methyl sites for hydroxylation is 1. The summed E-state index contributed by atoms with van der Waals surface area (Å²) < 4.78 is 11.4. The molecule has 0 N–H and O–H groups in total. The monoisotopic (exact) mass is 220 g/mol. The second-order valence-electron chi connectivity index (χ2n) is 4.84. The lowest BCUT2D eigenvalue weighted by Gasteiger charge is -2.16. The van der Waals surface area contributed by atoms with Gasteiger partial charge in [-0.1, -0.05) is 25.8 Å². The van der Waals surface area contributed by atoms with E-state index in [0.717, 1.165) is 17.9 Å². The maximum Gasteiger partial charge on any atom is 0.246 e. The highest BCUT2D eigenvalue weighted by Gasteiger charge is 2.31. The van der Waals surface area contributed by atoms with E-state index in [2.05, 4.69) is 19.1 Å². The van der Waals surface area contributed by atoms with Crippen molar-refractivity contribution in [2.45, 2.75) is 52.2 Å². The third-order valence-electron chi connectivity index (χ3n) is 2.79. The van der Waals surface area contributed by atoms with Crippen LogP contribution in [0.5, 0.6) is 11.5 Å². The summed E-state index contributed by atoms with van der Waals surface area (Å²) in [7, 11) is 0. The molecule has 1 heterocycles. The molecule has 0 aliphatic carbocycles. The zero-order chi connectivity index (χ0) is 11.6. The molecule has 1 aliphatic heterocycles. The van der Waals surface area contributed by atoms with Crippen molar-refractivity contribution in [3.63, 3.8) is 0 Å². The van der Waals surface area contributed by atoms with Crippen molar-refractivity contribution < 1.29 is 9.47 Å². The number of hydrogen-bond donors (Lipinski definition) is 0. The minimum atomic E-state index is -0.510. The highest BCUT2D eigenvalue weighted by Crippen LogP contribution is 2.39. The first-order chi connectivity index (χ1) is 7.61. The first-order valence-corrected chi connectivity index (χ1v) is 6.12. The smallest absolute Gasteiger partial charge is 0.246 e. The van der Waals surface area contributed by atoms with E-state index in [1.165, 1.54) is 24.8 Å². The number of hydrogen-bond acceptors (Lipinski definition) is 2. The normalized spacial score (nSPS) is 16.4. The summed E-state index contributed by atoms with van der Waals surface area (Å²) in [6.07, 6.45) is 4.93. The number of benzene rings is 1. The molecule has 2 nitrogen and oxygen atoms in total. The zero-order valence-corrected chi connectivity index (χ0v) is 10.4. The fourth-order valence-corrected chi connectivity index (χ4v) is 2.00. The van der Waals surface area contributed by atoms with E-state index in [4.69, 9.17) is 9.47 Å². The second kappa shape index (κ2) is 4.36. The molecule has 1 aromatic carbocycles. The van der Waals surface area contributed by atoms with Gasteiger partial charge in [0.1, 0.15) is 0 Å². The van der Waals surface area contributed by atoms with Crippen LogP contribution < -0.4 is 9.47 Å². The molecule has 1 aromatic rings. The Bertz CT molecular complexity index is 369. The minimum absolute atomic E-state index is 0.510. The fraction of sp³-hybridized carbons (Fsp3) is 0.571. The van der Waals surface area contributed by atoms with Crippen molar-refractivity contribution in [1.82, 2.24) is 0 Å². The van der Waals surface area contributed by atoms with Gasteiger partial charge in [-0.15, -0.1) is 0 Å². The standard InChI is InChI=1S/C14H20O2/c1-4-5-6-7-11-8-9-12-13(10-11)16-14(2,3)15-12/h8-10H,4-7H2,1-3H3. The molecule has 0 saturated carbocycles. The molecule has 0 radical (unpaired) electrons. The Kier molecular flexibility index (Phi) is 3.08. The van der Waals surface area contributed by atoms with Crippen LogP contribution in [0, 0.1) is 0 Å². The summed E-state index contributed by atoms with van der Waals surface area (Å²) in [4.78, 5) is 0. The van der Waals surface area contributed by atoms with Crippen molar-refractivity contribution in [3.05, 3.63) is 23.8 Å². The fourth-order valence-electron chi connectivity index (χ4n) is 2.00. The summed E-state index contributed by atoms with van der Waals surface area (Å²) in [6, 6.07) is 6.27. The quantitative estimate of drug-likeness (QED) is 0.716. The first-order valence-electron chi connectivity index (χ1n) is 6.12. The molecule has 88 valence electrons. The van der Waals surface area contributed by atoms with Gasteiger partial charge in [0.05, 0.1) is 0 Å². The third-order valence-corrected chi connectivity index (χ3v) is 2.79. The average Bonchev–Trinajstić information content (AvgIpc) is 2.51. The van der Waals surface area contributed by atoms with Gasteiger partial charge in [-0.25, -0.2) is 0 Å². The number of unbranched alkanes of at least 4 members (excludes halogenated alkanes) is 2. The largest absolute Gasteiger partial charge is 0.449 e. The van der Waals surface area contributed by atoms with Crippen LogP contribution in [0.1, 0.15) is 45.6 Å². The van der Waals surface area contributed by atoms with Crippen LogP contribution in [0.15, 0.2) is 18.2 Å². The molecule has 0 bridgehead atoms. The van der Waals surface area contributed by atoms with Crippen LogP contribution in [-0.2, 0) is 6.42 Å². The number of fused-ring (bicyclic) bond motifs is 1. The van der Waals surface area contributed by atoms with Gasteiger partial charge in [0.15, 0.2) is 11.5 Å². The van der Waals surface area contributed by atoms with Crippen molar-refractivity contribution in [3.8, 4) is 11.5 Å². The van der Waals surface area contributed by atoms with E-state index >= 15 is 0 Å². The maximum absolute atomic E-state index is 5.72. The lowest BCUT2D eigenvalue weighted by Crippen LogP contribution is -2.29. The molecule has 0 aromatic heterocycles. The summed E-state index contributed by atoms with van der Waals surface area (Å²) >= 11 is 0. The van der Waals surface area contributed by atoms with Gasteiger partial charge in [-0.05, 0) is 30.5 Å². The van der Waals surface area contributed by atoms with E-state index in [9.17, 15) is 0 Å². The molecule has 0 unspecified atom stereocenters. The van der Waals surface area contributed by atoms with Crippen molar-refractivity contribution >= 4 is 0 Å². The summed E-state index contributed by atoms with van der Waals surface area (Å²) in [6.45, 7) is 6.09. The molecule has 2 heteroatoms. The van der Waals surface area contributed by atoms with Gasteiger partial charge in [0.2, 0.25) is 5.79 Å². The molecule has 0 saturated heterocycles. The first kappa shape index (κ1) is 11.3. The lowest BCUT2D eigenvalue weighted by atomic mass is 10.1. The molecule has 16 heavy (non-hydrogen) atoms. The van der Waals surface area contributed by atoms with Gasteiger partial charge in [-0.2, -0.15) is 0 Å². The zero-order valence-electron chi connectivity index (χ0n) is 10.4. The predicted octanol–water partition coefficient (Wildman–Crippen LogP) is 3.93. The summed E-state index contributed by atoms with van der Waals surface area (Å²) in [5.74, 6) is 1.24. The average molecular weight is 220 g/mol. The molecule has 1 aliphatic rings. The van der Waals surface area contributed by atoms with Crippen LogP contribution in [0.3, 0.4) is 0 Å². The minimum Gasteiger partial charge on any atom is -0.449 e. The van der Waals surface area contributed by atoms with E-state index < -0.39 is 5.79 Å². The van der Waals surface area contributed by atoms with Crippen molar-refractivity contribution in [1.29, 1.82) is 0 Å². The van der Waals surface area contributed by atoms with Crippen molar-refractivity contribution in [2.75, 3.05) is 0 Å². The van der Waals surface area contributed by atoms with Crippen LogP contribution in [0.2, 0.25) is 0 Å². The Balaban J connectivity index is 2.04. The SMILES string of the molecule is CCCCCc1ccc2c(c1)OC(C)(C)O2. The Morgan fingerprint density at radius 2 is 1.81 bits per heavy atom. The molecular weight excluding hydrogens is 200 g/mol. The van der Waals surface area contributed by atoms with Gasteiger partial charge >= 0.3 is 0 Å². The Hall–Kier alpha value is -1.18. The third kappa shape index (κ3) is 2.49. The highest BCUT2D eigenvalue weighted by atomic mass is 16.7. The summed E-state index contributed by atoms with van der Waals surface area (Å²) in [5.41, 5.74) is 1.34. The van der Waals surface area contributed by atoms with Crippen LogP contribution in [0.4, 0.5) is 0 Å². The Labute approximate surface area is 97.6 Å². The van der Waals surface area contributed by atoms with E-state index in [-0.39, 0.29) is 0 Å². The Morgan fingerprint density at radius 1 is 1.06 bits per heavy atom. The van der Waals surface area contributed by atoms with Crippen LogP contribution >= 0.6 is 0 Å². The number of rotatable bonds is 4. The topological polar surface area (TPSA) is 18.5 Å². The molecule has 0 fully saturated rings. The van der Waals surface area contributed by atoms with Gasteiger partial charge < -0.3 is 9.47 Å². The molecule has 0 spiro atoms. The molecule has 0 amide bonds. The van der Waals surface area contributed by atoms with Gasteiger partial charge in [0.25, 0.3) is 0 Å². The van der Waals surface area contributed by atoms with Crippen molar-refractivity contribution in [2.24, 2.45) is 0 Å². The number of ether oxygens (including phenoxy) is 2. The van der Waals surface area contributed by atoms with E-state index in [1.54, 1.807) is 0 Å². The molecule has 2 rings (SSSR count). The van der Waals surface area contributed by atoms with E-state index in [0.29, 0.717) is 0 Å².